The average molecular weight is 324 g/mol. The van der Waals surface area contributed by atoms with E-state index in [2.05, 4.69) is 0 Å². The Kier molecular flexibility index (Phi) is 5.22. The molecule has 21 heavy (non-hydrogen) atoms. The molecule has 0 aliphatic rings. The molecule has 0 spiro atoms. The fraction of sp³-hybridized carbons (Fsp3) is 0.200. The van der Waals surface area contributed by atoms with Crippen molar-refractivity contribution in [1.82, 2.24) is 0 Å². The molecule has 0 radical (unpaired) electrons. The first-order valence-electron chi connectivity index (χ1n) is 6.31. The largest absolute Gasteiger partial charge is 0.389 e. The van der Waals surface area contributed by atoms with Crippen LogP contribution in [0, 0.1) is 10.1 Å². The summed E-state index contributed by atoms with van der Waals surface area (Å²) in [5.74, 6) is 0.617. The summed E-state index contributed by atoms with van der Waals surface area (Å²) in [6.45, 7) is 1.58. The van der Waals surface area contributed by atoms with Gasteiger partial charge in [-0.05, 0) is 36.2 Å². The van der Waals surface area contributed by atoms with Gasteiger partial charge < -0.3 is 5.11 Å². The van der Waals surface area contributed by atoms with Gasteiger partial charge in [0, 0.05) is 16.8 Å². The van der Waals surface area contributed by atoms with Crippen LogP contribution in [0.1, 0.15) is 24.2 Å². The number of hydrogen-bond donors (Lipinski definition) is 1. The van der Waals surface area contributed by atoms with E-state index >= 15 is 0 Å². The minimum absolute atomic E-state index is 0.0207. The molecular weight excluding hydrogens is 310 g/mol. The third kappa shape index (κ3) is 4.20. The van der Waals surface area contributed by atoms with Crippen molar-refractivity contribution in [1.29, 1.82) is 0 Å². The van der Waals surface area contributed by atoms with Gasteiger partial charge in [0.25, 0.3) is 5.69 Å². The van der Waals surface area contributed by atoms with E-state index < -0.39 is 11.0 Å². The standard InChI is InChI=1S/C15H14ClNO3S/c1-10(18)12-4-7-15(14(8-12)17(19)20)21-9-11-2-5-13(16)6-3-11/h2-8,10,18H,9H2,1H3/t10-/m1/s1. The second-order valence-corrected chi connectivity index (χ2v) is 6.03. The molecule has 0 aliphatic heterocycles. The summed E-state index contributed by atoms with van der Waals surface area (Å²) in [6.07, 6.45) is -0.723. The molecule has 0 heterocycles. The van der Waals surface area contributed by atoms with E-state index in [0.29, 0.717) is 21.2 Å². The maximum Gasteiger partial charge on any atom is 0.283 e. The molecule has 2 rings (SSSR count). The number of nitro groups is 1. The van der Waals surface area contributed by atoms with Gasteiger partial charge >= 0.3 is 0 Å². The summed E-state index contributed by atoms with van der Waals surface area (Å²) in [7, 11) is 0. The van der Waals surface area contributed by atoms with Gasteiger partial charge in [-0.2, -0.15) is 0 Å². The second kappa shape index (κ2) is 6.93. The van der Waals surface area contributed by atoms with Gasteiger partial charge in [0.2, 0.25) is 0 Å². The fourth-order valence-electron chi connectivity index (χ4n) is 1.80. The molecule has 0 unspecified atom stereocenters. The number of benzene rings is 2. The lowest BCUT2D eigenvalue weighted by Gasteiger charge is -2.08. The lowest BCUT2D eigenvalue weighted by atomic mass is 10.1. The summed E-state index contributed by atoms with van der Waals surface area (Å²) in [5, 5.41) is 21.3. The summed E-state index contributed by atoms with van der Waals surface area (Å²) >= 11 is 7.21. The quantitative estimate of drug-likeness (QED) is 0.496. The number of halogens is 1. The van der Waals surface area contributed by atoms with Crippen LogP contribution in [-0.2, 0) is 5.75 Å². The molecule has 110 valence electrons. The molecule has 2 aromatic rings. The van der Waals surface area contributed by atoms with Crippen LogP contribution < -0.4 is 0 Å². The van der Waals surface area contributed by atoms with Gasteiger partial charge in [-0.15, -0.1) is 11.8 Å². The van der Waals surface area contributed by atoms with Crippen LogP contribution in [0.2, 0.25) is 5.02 Å². The number of hydrogen-bond acceptors (Lipinski definition) is 4. The topological polar surface area (TPSA) is 63.4 Å². The Morgan fingerprint density at radius 3 is 2.52 bits per heavy atom. The predicted molar refractivity (Wildman–Crippen MR) is 84.7 cm³/mol. The van der Waals surface area contributed by atoms with Crippen molar-refractivity contribution in [2.75, 3.05) is 0 Å². The van der Waals surface area contributed by atoms with E-state index in [-0.39, 0.29) is 5.69 Å². The van der Waals surface area contributed by atoms with E-state index in [1.165, 1.54) is 17.8 Å². The van der Waals surface area contributed by atoms with Crippen LogP contribution in [0.25, 0.3) is 0 Å². The molecule has 4 nitrogen and oxygen atoms in total. The lowest BCUT2D eigenvalue weighted by molar-refractivity contribution is -0.387. The highest BCUT2D eigenvalue weighted by Gasteiger charge is 2.16. The normalized spacial score (nSPS) is 12.1. The van der Waals surface area contributed by atoms with Gasteiger partial charge in [0.05, 0.1) is 15.9 Å². The van der Waals surface area contributed by atoms with Crippen molar-refractivity contribution < 1.29 is 10.0 Å². The van der Waals surface area contributed by atoms with Crippen LogP contribution in [-0.4, -0.2) is 10.0 Å². The van der Waals surface area contributed by atoms with Crippen molar-refractivity contribution in [3.05, 3.63) is 68.7 Å². The molecule has 2 aromatic carbocycles. The summed E-state index contributed by atoms with van der Waals surface area (Å²) in [4.78, 5) is 11.3. The summed E-state index contributed by atoms with van der Waals surface area (Å²) in [5.41, 5.74) is 1.60. The van der Waals surface area contributed by atoms with Crippen LogP contribution in [0.3, 0.4) is 0 Å². The molecule has 0 bridgehead atoms. The molecular formula is C15H14ClNO3S. The zero-order chi connectivity index (χ0) is 15.4. The van der Waals surface area contributed by atoms with Crippen molar-refractivity contribution in [2.24, 2.45) is 0 Å². The number of nitro benzene ring substituents is 1. The first kappa shape index (κ1) is 15.8. The van der Waals surface area contributed by atoms with Crippen LogP contribution in [0.4, 0.5) is 5.69 Å². The minimum atomic E-state index is -0.723. The Morgan fingerprint density at radius 1 is 1.29 bits per heavy atom. The SMILES string of the molecule is C[C@@H](O)c1ccc(SCc2ccc(Cl)cc2)c([N+](=O)[O-])c1. The molecule has 0 aromatic heterocycles. The first-order valence-corrected chi connectivity index (χ1v) is 7.67. The Labute approximate surface area is 131 Å². The summed E-state index contributed by atoms with van der Waals surface area (Å²) < 4.78 is 0. The molecule has 0 saturated heterocycles. The van der Waals surface area contributed by atoms with Gasteiger partial charge in [-0.1, -0.05) is 29.8 Å². The average Bonchev–Trinajstić information content (AvgIpc) is 2.46. The third-order valence-corrected chi connectivity index (χ3v) is 4.36. The highest BCUT2D eigenvalue weighted by atomic mass is 35.5. The monoisotopic (exact) mass is 323 g/mol. The highest BCUT2D eigenvalue weighted by molar-refractivity contribution is 7.98. The van der Waals surface area contributed by atoms with Gasteiger partial charge in [-0.3, -0.25) is 10.1 Å². The van der Waals surface area contributed by atoms with E-state index in [9.17, 15) is 15.2 Å². The molecule has 0 fully saturated rings. The van der Waals surface area contributed by atoms with Crippen molar-refractivity contribution in [3.63, 3.8) is 0 Å². The minimum Gasteiger partial charge on any atom is -0.389 e. The number of aliphatic hydroxyl groups is 1. The Hall–Kier alpha value is -1.56. The highest BCUT2D eigenvalue weighted by Crippen LogP contribution is 2.33. The van der Waals surface area contributed by atoms with Crippen LogP contribution >= 0.6 is 23.4 Å². The maximum atomic E-state index is 11.1. The van der Waals surface area contributed by atoms with E-state index in [1.54, 1.807) is 31.2 Å². The Morgan fingerprint density at radius 2 is 1.95 bits per heavy atom. The maximum absolute atomic E-state index is 11.1. The van der Waals surface area contributed by atoms with Gasteiger partial charge in [0.15, 0.2) is 0 Å². The number of nitrogens with zero attached hydrogens (tertiary/aromatic N) is 1. The fourth-order valence-corrected chi connectivity index (χ4v) is 2.89. The molecule has 0 amide bonds. The summed E-state index contributed by atoms with van der Waals surface area (Å²) in [6, 6.07) is 12.2. The van der Waals surface area contributed by atoms with Crippen molar-refractivity contribution in [3.8, 4) is 0 Å². The molecule has 6 heteroatoms. The van der Waals surface area contributed by atoms with Gasteiger partial charge in [0.1, 0.15) is 0 Å². The van der Waals surface area contributed by atoms with Crippen LogP contribution in [0.5, 0.6) is 0 Å². The third-order valence-electron chi connectivity index (χ3n) is 2.97. The van der Waals surface area contributed by atoms with E-state index in [4.69, 9.17) is 11.6 Å². The van der Waals surface area contributed by atoms with Crippen LogP contribution in [0.15, 0.2) is 47.4 Å². The molecule has 0 saturated carbocycles. The first-order chi connectivity index (χ1) is 9.97. The van der Waals surface area contributed by atoms with Crippen molar-refractivity contribution in [2.45, 2.75) is 23.7 Å². The molecule has 0 aliphatic carbocycles. The Bertz CT molecular complexity index is 644. The zero-order valence-electron chi connectivity index (χ0n) is 11.3. The number of aliphatic hydroxyl groups excluding tert-OH is 1. The Balaban J connectivity index is 2.19. The number of thioether (sulfide) groups is 1. The molecule has 1 atom stereocenters. The smallest absolute Gasteiger partial charge is 0.283 e. The second-order valence-electron chi connectivity index (χ2n) is 4.58. The van der Waals surface area contributed by atoms with Gasteiger partial charge in [-0.25, -0.2) is 0 Å². The van der Waals surface area contributed by atoms with E-state index in [0.717, 1.165) is 5.56 Å². The lowest BCUT2D eigenvalue weighted by Crippen LogP contribution is -1.96. The number of rotatable bonds is 5. The predicted octanol–water partition coefficient (Wildman–Crippen LogP) is 4.59. The van der Waals surface area contributed by atoms with E-state index in [1.807, 2.05) is 12.1 Å². The van der Waals surface area contributed by atoms with Crippen molar-refractivity contribution >= 4 is 29.1 Å². The zero-order valence-corrected chi connectivity index (χ0v) is 12.9. The molecule has 1 N–H and O–H groups in total.